The monoisotopic (exact) mass is 194 g/mol. The first-order chi connectivity index (χ1) is 6.65. The number of benzene rings is 1. The second kappa shape index (κ2) is 3.48. The van der Waals surface area contributed by atoms with E-state index in [1.807, 2.05) is 0 Å². The van der Waals surface area contributed by atoms with E-state index in [4.69, 9.17) is 5.73 Å². The summed E-state index contributed by atoms with van der Waals surface area (Å²) in [5, 5.41) is 3.17. The average molecular weight is 194 g/mol. The molecular weight excluding hydrogens is 179 g/mol. The molecule has 0 heterocycles. The smallest absolute Gasteiger partial charge is 0.148 e. The van der Waals surface area contributed by atoms with Crippen LogP contribution in [0.4, 0.5) is 15.8 Å². The van der Waals surface area contributed by atoms with Crippen LogP contribution in [0.3, 0.4) is 0 Å². The minimum Gasteiger partial charge on any atom is -0.399 e. The third kappa shape index (κ3) is 1.81. The van der Waals surface area contributed by atoms with Crippen LogP contribution in [0.1, 0.15) is 19.8 Å². The normalized spacial score (nSPS) is 25.6. The molecular formula is C11H15FN2. The third-order valence-electron chi connectivity index (χ3n) is 2.73. The number of hydrogen-bond acceptors (Lipinski definition) is 2. The third-order valence-corrected chi connectivity index (χ3v) is 2.73. The van der Waals surface area contributed by atoms with Gasteiger partial charge in [0.15, 0.2) is 0 Å². The molecule has 0 aromatic heterocycles. The van der Waals surface area contributed by atoms with Gasteiger partial charge in [0.05, 0.1) is 5.69 Å². The van der Waals surface area contributed by atoms with Crippen LogP contribution in [0.15, 0.2) is 18.2 Å². The second-order valence-corrected chi connectivity index (χ2v) is 4.16. The zero-order valence-electron chi connectivity index (χ0n) is 8.26. The molecule has 2 rings (SSSR count). The van der Waals surface area contributed by atoms with Crippen LogP contribution in [0.25, 0.3) is 0 Å². The van der Waals surface area contributed by atoms with Gasteiger partial charge in [0.2, 0.25) is 0 Å². The van der Waals surface area contributed by atoms with E-state index in [-0.39, 0.29) is 5.82 Å². The van der Waals surface area contributed by atoms with Crippen molar-refractivity contribution >= 4 is 11.4 Å². The molecule has 1 saturated carbocycles. The van der Waals surface area contributed by atoms with Crippen molar-refractivity contribution in [2.24, 2.45) is 5.92 Å². The van der Waals surface area contributed by atoms with Crippen molar-refractivity contribution in [2.75, 3.05) is 11.1 Å². The Balaban J connectivity index is 2.02. The van der Waals surface area contributed by atoms with Gasteiger partial charge in [0.1, 0.15) is 5.82 Å². The molecule has 0 bridgehead atoms. The summed E-state index contributed by atoms with van der Waals surface area (Å²) >= 11 is 0. The van der Waals surface area contributed by atoms with Crippen molar-refractivity contribution in [1.82, 2.24) is 0 Å². The SMILES string of the molecule is CC1CC(Nc2ccc(N)cc2F)C1. The molecule has 0 saturated heterocycles. The molecule has 3 heteroatoms. The first-order valence-corrected chi connectivity index (χ1v) is 4.96. The van der Waals surface area contributed by atoms with Crippen molar-refractivity contribution in [1.29, 1.82) is 0 Å². The maximum atomic E-state index is 13.3. The van der Waals surface area contributed by atoms with Gasteiger partial charge in [-0.2, -0.15) is 0 Å². The highest BCUT2D eigenvalue weighted by Gasteiger charge is 2.25. The summed E-state index contributed by atoms with van der Waals surface area (Å²) in [5.41, 5.74) is 6.49. The summed E-state index contributed by atoms with van der Waals surface area (Å²) in [6, 6.07) is 5.20. The molecule has 76 valence electrons. The number of anilines is 2. The average Bonchev–Trinajstić information content (AvgIpc) is 2.06. The highest BCUT2D eigenvalue weighted by molar-refractivity contribution is 5.53. The van der Waals surface area contributed by atoms with Gasteiger partial charge in [0, 0.05) is 11.7 Å². The predicted octanol–water partition coefficient (Wildman–Crippen LogP) is 2.62. The van der Waals surface area contributed by atoms with Gasteiger partial charge in [0.25, 0.3) is 0 Å². The largest absolute Gasteiger partial charge is 0.399 e. The van der Waals surface area contributed by atoms with Crippen LogP contribution in [-0.2, 0) is 0 Å². The van der Waals surface area contributed by atoms with Gasteiger partial charge in [-0.1, -0.05) is 6.92 Å². The Labute approximate surface area is 83.3 Å². The summed E-state index contributed by atoms with van der Waals surface area (Å²) in [6.45, 7) is 2.21. The number of nitrogen functional groups attached to an aromatic ring is 1. The summed E-state index contributed by atoms with van der Waals surface area (Å²) in [6.07, 6.45) is 2.26. The Kier molecular flexibility index (Phi) is 2.32. The summed E-state index contributed by atoms with van der Waals surface area (Å²) < 4.78 is 13.3. The fraction of sp³-hybridized carbons (Fsp3) is 0.455. The maximum Gasteiger partial charge on any atom is 0.148 e. The summed E-state index contributed by atoms with van der Waals surface area (Å²) in [4.78, 5) is 0. The molecule has 1 fully saturated rings. The van der Waals surface area contributed by atoms with Gasteiger partial charge < -0.3 is 11.1 Å². The van der Waals surface area contributed by atoms with Crippen molar-refractivity contribution < 1.29 is 4.39 Å². The summed E-state index contributed by atoms with van der Waals surface area (Å²) in [5.74, 6) is 0.508. The Bertz CT molecular complexity index is 332. The molecule has 0 spiro atoms. The lowest BCUT2D eigenvalue weighted by atomic mass is 9.82. The van der Waals surface area contributed by atoms with E-state index in [2.05, 4.69) is 12.2 Å². The number of hydrogen-bond donors (Lipinski definition) is 2. The quantitative estimate of drug-likeness (QED) is 0.710. The standard InChI is InChI=1S/C11H15FN2/c1-7-4-9(5-7)14-11-3-2-8(13)6-10(11)12/h2-3,6-7,9,14H,4-5,13H2,1H3. The molecule has 1 aromatic carbocycles. The molecule has 0 radical (unpaired) electrons. The Morgan fingerprint density at radius 2 is 2.14 bits per heavy atom. The molecule has 1 aliphatic carbocycles. The van der Waals surface area contributed by atoms with Crippen LogP contribution in [-0.4, -0.2) is 6.04 Å². The Morgan fingerprint density at radius 1 is 1.43 bits per heavy atom. The minimum absolute atomic E-state index is 0.260. The molecule has 0 atom stereocenters. The lowest BCUT2D eigenvalue weighted by Gasteiger charge is -2.34. The second-order valence-electron chi connectivity index (χ2n) is 4.16. The lowest BCUT2D eigenvalue weighted by Crippen LogP contribution is -2.34. The maximum absolute atomic E-state index is 13.3. The number of nitrogens with two attached hydrogens (primary N) is 1. The fourth-order valence-electron chi connectivity index (χ4n) is 1.89. The summed E-state index contributed by atoms with van der Waals surface area (Å²) in [7, 11) is 0. The molecule has 0 unspecified atom stereocenters. The molecule has 0 amide bonds. The molecule has 3 N–H and O–H groups in total. The number of rotatable bonds is 2. The van der Waals surface area contributed by atoms with Gasteiger partial charge in [-0.15, -0.1) is 0 Å². The lowest BCUT2D eigenvalue weighted by molar-refractivity contribution is 0.308. The van der Waals surface area contributed by atoms with Gasteiger partial charge >= 0.3 is 0 Å². The zero-order chi connectivity index (χ0) is 10.1. The van der Waals surface area contributed by atoms with E-state index in [1.165, 1.54) is 6.07 Å². The Morgan fingerprint density at radius 3 is 2.71 bits per heavy atom. The van der Waals surface area contributed by atoms with Crippen molar-refractivity contribution in [3.63, 3.8) is 0 Å². The van der Waals surface area contributed by atoms with Gasteiger partial charge in [-0.05, 0) is 37.0 Å². The first-order valence-electron chi connectivity index (χ1n) is 4.96. The fourth-order valence-corrected chi connectivity index (χ4v) is 1.89. The van der Waals surface area contributed by atoms with E-state index < -0.39 is 0 Å². The Hall–Kier alpha value is -1.25. The molecule has 0 aliphatic heterocycles. The van der Waals surface area contributed by atoms with E-state index in [9.17, 15) is 4.39 Å². The molecule has 2 nitrogen and oxygen atoms in total. The van der Waals surface area contributed by atoms with Crippen LogP contribution < -0.4 is 11.1 Å². The number of nitrogens with one attached hydrogen (secondary N) is 1. The van der Waals surface area contributed by atoms with Crippen LogP contribution >= 0.6 is 0 Å². The van der Waals surface area contributed by atoms with E-state index in [1.54, 1.807) is 12.1 Å². The van der Waals surface area contributed by atoms with E-state index in [0.717, 1.165) is 18.8 Å². The van der Waals surface area contributed by atoms with Crippen LogP contribution in [0.2, 0.25) is 0 Å². The van der Waals surface area contributed by atoms with E-state index in [0.29, 0.717) is 17.4 Å². The molecule has 1 aromatic rings. The highest BCUT2D eigenvalue weighted by atomic mass is 19.1. The van der Waals surface area contributed by atoms with Gasteiger partial charge in [-0.25, -0.2) is 4.39 Å². The van der Waals surface area contributed by atoms with Crippen LogP contribution in [0, 0.1) is 11.7 Å². The van der Waals surface area contributed by atoms with Gasteiger partial charge in [-0.3, -0.25) is 0 Å². The minimum atomic E-state index is -0.260. The first kappa shape index (κ1) is 9.31. The number of halogens is 1. The molecule has 1 aliphatic rings. The molecule has 14 heavy (non-hydrogen) atoms. The van der Waals surface area contributed by atoms with E-state index >= 15 is 0 Å². The van der Waals surface area contributed by atoms with Crippen molar-refractivity contribution in [3.05, 3.63) is 24.0 Å². The predicted molar refractivity (Wildman–Crippen MR) is 56.6 cm³/mol. The van der Waals surface area contributed by atoms with Crippen molar-refractivity contribution in [2.45, 2.75) is 25.8 Å². The topological polar surface area (TPSA) is 38.0 Å². The highest BCUT2D eigenvalue weighted by Crippen LogP contribution is 2.30. The zero-order valence-corrected chi connectivity index (χ0v) is 8.26. The van der Waals surface area contributed by atoms with Crippen LogP contribution in [0.5, 0.6) is 0 Å². The van der Waals surface area contributed by atoms with Crippen molar-refractivity contribution in [3.8, 4) is 0 Å².